The predicted molar refractivity (Wildman–Crippen MR) is 72.5 cm³/mol. The molecule has 1 fully saturated rings. The minimum Gasteiger partial charge on any atom is -0.444 e. The highest BCUT2D eigenvalue weighted by molar-refractivity contribution is 7.99. The van der Waals surface area contributed by atoms with E-state index < -0.39 is 5.60 Å². The molecule has 0 saturated carbocycles. The van der Waals surface area contributed by atoms with Crippen molar-refractivity contribution < 1.29 is 9.53 Å². The van der Waals surface area contributed by atoms with Gasteiger partial charge in [0, 0.05) is 24.9 Å². The van der Waals surface area contributed by atoms with Crippen LogP contribution in [0.15, 0.2) is 0 Å². The molecule has 2 N–H and O–H groups in total. The van der Waals surface area contributed by atoms with E-state index in [1.54, 1.807) is 0 Å². The number of thioether (sulfide) groups is 1. The van der Waals surface area contributed by atoms with Crippen molar-refractivity contribution in [2.24, 2.45) is 5.92 Å². The van der Waals surface area contributed by atoms with Crippen LogP contribution >= 0.6 is 11.8 Å². The van der Waals surface area contributed by atoms with Gasteiger partial charge in [0.2, 0.25) is 0 Å². The maximum Gasteiger partial charge on any atom is 0.407 e. The highest BCUT2D eigenvalue weighted by Gasteiger charge is 2.23. The summed E-state index contributed by atoms with van der Waals surface area (Å²) in [5, 5.41) is 6.21. The molecule has 0 bridgehead atoms. The number of nitrogens with one attached hydrogen (secondary N) is 2. The van der Waals surface area contributed by atoms with Crippen molar-refractivity contribution in [1.82, 2.24) is 10.6 Å². The Balaban J connectivity index is 2.06. The van der Waals surface area contributed by atoms with Crippen LogP contribution in [0.25, 0.3) is 0 Å². The molecule has 100 valence electrons. The molecular weight excluding hydrogens is 236 g/mol. The number of hydrogen-bond donors (Lipinski definition) is 2. The Kier molecular flexibility index (Phi) is 5.59. The standard InChI is InChI=1S/C12H24N2O2S/c1-9-7-17-8-10(9)13-5-6-14-11(15)16-12(2,3)4/h9-10,13H,5-8H2,1-4H3,(H,14,15). The molecular formula is C12H24N2O2S. The summed E-state index contributed by atoms with van der Waals surface area (Å²) in [6.45, 7) is 9.27. The van der Waals surface area contributed by atoms with E-state index in [2.05, 4.69) is 17.6 Å². The number of alkyl carbamates (subject to hydrolysis) is 1. The molecule has 5 heteroatoms. The summed E-state index contributed by atoms with van der Waals surface area (Å²) >= 11 is 1.99. The van der Waals surface area contributed by atoms with E-state index in [9.17, 15) is 4.79 Å². The largest absolute Gasteiger partial charge is 0.444 e. The van der Waals surface area contributed by atoms with Gasteiger partial charge in [-0.3, -0.25) is 0 Å². The van der Waals surface area contributed by atoms with E-state index in [0.29, 0.717) is 12.6 Å². The summed E-state index contributed by atoms with van der Waals surface area (Å²) in [4.78, 5) is 11.4. The topological polar surface area (TPSA) is 50.4 Å². The van der Waals surface area contributed by atoms with Crippen molar-refractivity contribution in [2.45, 2.75) is 39.3 Å². The van der Waals surface area contributed by atoms with E-state index in [1.807, 2.05) is 32.5 Å². The van der Waals surface area contributed by atoms with Gasteiger partial charge in [0.05, 0.1) is 0 Å². The summed E-state index contributed by atoms with van der Waals surface area (Å²) in [7, 11) is 0. The van der Waals surface area contributed by atoms with Crippen molar-refractivity contribution >= 4 is 17.9 Å². The number of ether oxygens (including phenoxy) is 1. The van der Waals surface area contributed by atoms with Crippen molar-refractivity contribution in [1.29, 1.82) is 0 Å². The molecule has 2 unspecified atom stereocenters. The van der Waals surface area contributed by atoms with Gasteiger partial charge in [-0.25, -0.2) is 4.79 Å². The number of carbonyl (C=O) groups excluding carboxylic acids is 1. The Morgan fingerprint density at radius 1 is 1.35 bits per heavy atom. The smallest absolute Gasteiger partial charge is 0.407 e. The fraction of sp³-hybridized carbons (Fsp3) is 0.917. The SMILES string of the molecule is CC1CSCC1NCCNC(=O)OC(C)(C)C. The van der Waals surface area contributed by atoms with Gasteiger partial charge in [-0.05, 0) is 32.4 Å². The lowest BCUT2D eigenvalue weighted by molar-refractivity contribution is 0.0528. The van der Waals surface area contributed by atoms with Gasteiger partial charge in [-0.2, -0.15) is 11.8 Å². The molecule has 17 heavy (non-hydrogen) atoms. The molecule has 2 atom stereocenters. The Morgan fingerprint density at radius 3 is 2.59 bits per heavy atom. The molecule has 0 spiro atoms. The monoisotopic (exact) mass is 260 g/mol. The zero-order chi connectivity index (χ0) is 12.9. The van der Waals surface area contributed by atoms with E-state index >= 15 is 0 Å². The molecule has 1 heterocycles. The second kappa shape index (κ2) is 6.50. The molecule has 1 aliphatic rings. The van der Waals surface area contributed by atoms with Crippen LogP contribution < -0.4 is 10.6 Å². The third-order valence-corrected chi connectivity index (χ3v) is 3.92. The Morgan fingerprint density at radius 2 is 2.06 bits per heavy atom. The summed E-state index contributed by atoms with van der Waals surface area (Å²) in [6.07, 6.45) is -0.340. The van der Waals surface area contributed by atoms with Crippen molar-refractivity contribution in [3.8, 4) is 0 Å². The molecule has 1 aliphatic heterocycles. The molecule has 1 saturated heterocycles. The second-order valence-electron chi connectivity index (χ2n) is 5.50. The lowest BCUT2D eigenvalue weighted by Crippen LogP contribution is -2.41. The Hall–Kier alpha value is -0.420. The van der Waals surface area contributed by atoms with Crippen molar-refractivity contribution in [3.63, 3.8) is 0 Å². The van der Waals surface area contributed by atoms with Crippen LogP contribution in [0, 0.1) is 5.92 Å². The molecule has 0 radical (unpaired) electrons. The number of carbonyl (C=O) groups is 1. The summed E-state index contributed by atoms with van der Waals surface area (Å²) in [5.74, 6) is 3.13. The van der Waals surface area contributed by atoms with Gasteiger partial charge in [-0.15, -0.1) is 0 Å². The maximum atomic E-state index is 11.4. The predicted octanol–water partition coefficient (Wildman–Crippen LogP) is 1.85. The molecule has 1 rings (SSSR count). The second-order valence-corrected chi connectivity index (χ2v) is 6.58. The van der Waals surface area contributed by atoms with Gasteiger partial charge in [0.1, 0.15) is 5.60 Å². The van der Waals surface area contributed by atoms with Gasteiger partial charge >= 0.3 is 6.09 Å². The number of rotatable bonds is 4. The fourth-order valence-corrected chi connectivity index (χ4v) is 3.10. The maximum absolute atomic E-state index is 11.4. The number of hydrogen-bond acceptors (Lipinski definition) is 4. The van der Waals surface area contributed by atoms with Gasteiger partial charge in [0.25, 0.3) is 0 Å². The van der Waals surface area contributed by atoms with Crippen molar-refractivity contribution in [3.05, 3.63) is 0 Å². The quantitative estimate of drug-likeness (QED) is 0.758. The zero-order valence-corrected chi connectivity index (χ0v) is 12.0. The zero-order valence-electron chi connectivity index (χ0n) is 11.2. The highest BCUT2D eigenvalue weighted by Crippen LogP contribution is 2.23. The van der Waals surface area contributed by atoms with E-state index in [1.165, 1.54) is 11.5 Å². The highest BCUT2D eigenvalue weighted by atomic mass is 32.2. The normalized spacial score (nSPS) is 24.7. The summed E-state index contributed by atoms with van der Waals surface area (Å²) < 4.78 is 5.15. The first-order valence-corrected chi connectivity index (χ1v) is 7.32. The lowest BCUT2D eigenvalue weighted by atomic mass is 10.1. The van der Waals surface area contributed by atoms with Crippen LogP contribution in [0.1, 0.15) is 27.7 Å². The number of amides is 1. The molecule has 0 aromatic rings. The molecule has 0 aromatic carbocycles. The third-order valence-electron chi connectivity index (χ3n) is 2.56. The summed E-state index contributed by atoms with van der Waals surface area (Å²) in [5.41, 5.74) is -0.423. The summed E-state index contributed by atoms with van der Waals surface area (Å²) in [6, 6.07) is 0.584. The molecule has 1 amide bonds. The molecule has 0 aromatic heterocycles. The van der Waals surface area contributed by atoms with E-state index in [-0.39, 0.29) is 6.09 Å². The van der Waals surface area contributed by atoms with Gasteiger partial charge in [-0.1, -0.05) is 6.92 Å². The van der Waals surface area contributed by atoms with Crippen LogP contribution in [0.2, 0.25) is 0 Å². The average Bonchev–Trinajstić information content (AvgIpc) is 2.56. The fourth-order valence-electron chi connectivity index (χ4n) is 1.66. The third kappa shape index (κ3) is 6.17. The van der Waals surface area contributed by atoms with Crippen LogP contribution in [0.3, 0.4) is 0 Å². The first-order chi connectivity index (χ1) is 7.88. The Labute approximate surface area is 108 Å². The Bertz CT molecular complexity index is 253. The van der Waals surface area contributed by atoms with Crippen LogP contribution in [0.4, 0.5) is 4.79 Å². The van der Waals surface area contributed by atoms with Crippen LogP contribution in [-0.4, -0.2) is 42.3 Å². The van der Waals surface area contributed by atoms with Gasteiger partial charge in [0.15, 0.2) is 0 Å². The lowest BCUT2D eigenvalue weighted by Gasteiger charge is -2.20. The minimum atomic E-state index is -0.423. The molecule has 0 aliphatic carbocycles. The van der Waals surface area contributed by atoms with Crippen molar-refractivity contribution in [2.75, 3.05) is 24.6 Å². The first-order valence-electron chi connectivity index (χ1n) is 6.16. The minimum absolute atomic E-state index is 0.340. The van der Waals surface area contributed by atoms with Crippen LogP contribution in [0.5, 0.6) is 0 Å². The van der Waals surface area contributed by atoms with E-state index in [0.717, 1.165) is 12.5 Å². The van der Waals surface area contributed by atoms with Gasteiger partial charge < -0.3 is 15.4 Å². The molecule has 4 nitrogen and oxygen atoms in total. The first kappa shape index (κ1) is 14.6. The average molecular weight is 260 g/mol. The van der Waals surface area contributed by atoms with E-state index in [4.69, 9.17) is 4.74 Å². The van der Waals surface area contributed by atoms with Crippen LogP contribution in [-0.2, 0) is 4.74 Å².